The molecule has 54 heavy (non-hydrogen) atoms. The van der Waals surface area contributed by atoms with Crippen LogP contribution in [-0.4, -0.2) is 35.5 Å². The van der Waals surface area contributed by atoms with Crippen molar-refractivity contribution in [1.82, 2.24) is 0 Å². The van der Waals surface area contributed by atoms with Gasteiger partial charge in [0, 0.05) is 0 Å². The molecule has 0 heterocycles. The first-order chi connectivity index (χ1) is 24.3. The van der Waals surface area contributed by atoms with E-state index in [9.17, 15) is 0 Å². The molecule has 0 spiro atoms. The predicted octanol–water partition coefficient (Wildman–Crippen LogP) is 7.68. The maximum atomic E-state index is 2.74. The molecule has 2 aliphatic carbocycles. The van der Waals surface area contributed by atoms with Crippen molar-refractivity contribution in [3.63, 3.8) is 0 Å². The molecule has 2 aliphatic rings. The molecule has 7 heteroatoms. The summed E-state index contributed by atoms with van der Waals surface area (Å²) >= 11 is -3.08. The molecule has 4 aromatic rings. The van der Waals surface area contributed by atoms with E-state index in [0.29, 0.717) is 9.17 Å². The zero-order chi connectivity index (χ0) is 38.0. The Morgan fingerprint density at radius 3 is 1.26 bits per heavy atom. The average Bonchev–Trinajstić information content (AvgIpc) is 3.62. The van der Waals surface area contributed by atoms with Crippen LogP contribution in [0.4, 0.5) is 0 Å². The Labute approximate surface area is 353 Å². The molecule has 0 radical (unpaired) electrons. The van der Waals surface area contributed by atoms with Crippen LogP contribution in [0.15, 0.2) is 116 Å². The molecule has 0 bridgehead atoms. The molecule has 0 fully saturated rings. The Hall–Kier alpha value is -1.44. The standard InChI is InChI=1S/C17H37Si4.C17H17.C13H10.2ClH.Zr/c1-18(2,3)14-13-15(19(4,5)6)17(21(10,11)12)16(14)20(7,8)9;1-3-12-5-7-16-14(9-12)11-15-10-13(4-2)6-8-17(15)16;1-3-7-12(8-4-1)11-13-9-5-2-6-10-13;;;/h14H,1-12H3;5-11H,3-4H2,1-2H3;1-10H;2*1H;/q;;;;;+2/p-2. The third-order valence-corrected chi connectivity index (χ3v) is 30.5. The van der Waals surface area contributed by atoms with Gasteiger partial charge in [0.2, 0.25) is 0 Å². The van der Waals surface area contributed by atoms with Crippen molar-refractivity contribution in [3.8, 4) is 11.1 Å². The topological polar surface area (TPSA) is 0 Å². The number of benzene rings is 4. The summed E-state index contributed by atoms with van der Waals surface area (Å²) in [7, 11) is -7.11. The molecule has 0 nitrogen and oxygen atoms in total. The quantitative estimate of drug-likeness (QED) is 0.144. The molecule has 0 amide bonds. The first-order valence-electron chi connectivity index (χ1n) is 19.9. The summed E-state index contributed by atoms with van der Waals surface area (Å²) < 4.78 is 4.19. The van der Waals surface area contributed by atoms with Crippen LogP contribution in [0.25, 0.3) is 11.1 Å². The largest absolute Gasteiger partial charge is 1.00 e. The fourth-order valence-corrected chi connectivity index (χ4v) is 42.2. The Balaban J connectivity index is 0.00000325. The third-order valence-electron chi connectivity index (χ3n) is 11.5. The van der Waals surface area contributed by atoms with Crippen LogP contribution in [-0.2, 0) is 34.1 Å². The summed E-state index contributed by atoms with van der Waals surface area (Å²) in [6, 6.07) is 38.7. The summed E-state index contributed by atoms with van der Waals surface area (Å²) in [5.41, 5.74) is 12.8. The Kier molecular flexibility index (Phi) is 14.1. The van der Waals surface area contributed by atoms with E-state index < -0.39 is 53.6 Å². The maximum Gasteiger partial charge on any atom is -1.00 e. The van der Waals surface area contributed by atoms with Gasteiger partial charge < -0.3 is 24.8 Å². The molecule has 4 aromatic carbocycles. The minimum absolute atomic E-state index is 0. The van der Waals surface area contributed by atoms with Crippen molar-refractivity contribution in [2.75, 3.05) is 0 Å². The van der Waals surface area contributed by atoms with E-state index >= 15 is 0 Å². The number of fused-ring (bicyclic) bond motifs is 3. The Morgan fingerprint density at radius 1 is 0.519 bits per heavy atom. The normalized spacial score (nSPS) is 16.0. The monoisotopic (exact) mass is 900 g/mol. The van der Waals surface area contributed by atoms with Gasteiger partial charge in [0.25, 0.3) is 0 Å². The maximum absolute atomic E-state index is 3.08. The Bertz CT molecular complexity index is 1990. The summed E-state index contributed by atoms with van der Waals surface area (Å²) in [6.07, 6.45) is 2.15. The number of hydrogen-bond donors (Lipinski definition) is 0. The van der Waals surface area contributed by atoms with E-state index in [4.69, 9.17) is 0 Å². The van der Waals surface area contributed by atoms with Gasteiger partial charge in [-0.3, -0.25) is 0 Å². The minimum atomic E-state index is -3.08. The van der Waals surface area contributed by atoms with Crippen molar-refractivity contribution in [1.29, 1.82) is 0 Å². The van der Waals surface area contributed by atoms with Gasteiger partial charge in [-0.2, -0.15) is 0 Å². The zero-order valence-electron chi connectivity index (χ0n) is 35.6. The van der Waals surface area contributed by atoms with Crippen molar-refractivity contribution >= 4 is 35.5 Å². The molecule has 0 saturated carbocycles. The number of rotatable bonds is 10. The zero-order valence-corrected chi connectivity index (χ0v) is 43.5. The van der Waals surface area contributed by atoms with Crippen LogP contribution >= 0.6 is 0 Å². The number of allylic oxidation sites excluding steroid dienone is 4. The van der Waals surface area contributed by atoms with E-state index in [2.05, 4.69) is 189 Å². The SMILES string of the molecule is CCc1ccc2c(c1)[CH]([Zr+2]([C]1=C([Si](C)(C)C)C([Si](C)(C)C)=C([Si](C)(C)C)C1[Si](C)(C)C)=[C](c1ccccc1)c1ccccc1)c1cc(CC)ccc1-2.[Cl-].[Cl-]. The first kappa shape index (κ1) is 45.3. The van der Waals surface area contributed by atoms with E-state index in [1.54, 1.807) is 14.3 Å². The molecular weight excluding hydrogens is 839 g/mol. The molecular formula is C47H64Cl2Si4Zr. The summed E-state index contributed by atoms with van der Waals surface area (Å²) in [5, 5.41) is 5.87. The predicted molar refractivity (Wildman–Crippen MR) is 240 cm³/mol. The second-order valence-electron chi connectivity index (χ2n) is 19.6. The van der Waals surface area contributed by atoms with E-state index in [0.717, 1.165) is 12.8 Å². The van der Waals surface area contributed by atoms with Crippen LogP contribution in [0, 0.1) is 0 Å². The third kappa shape index (κ3) is 8.54. The van der Waals surface area contributed by atoms with Gasteiger partial charge in [-0.15, -0.1) is 0 Å². The smallest absolute Gasteiger partial charge is 1.00 e. The summed E-state index contributed by atoms with van der Waals surface area (Å²) in [6.45, 7) is 37.2. The van der Waals surface area contributed by atoms with Crippen LogP contribution < -0.4 is 24.8 Å². The molecule has 0 aliphatic heterocycles. The summed E-state index contributed by atoms with van der Waals surface area (Å²) in [5.74, 6) is 0. The van der Waals surface area contributed by atoms with Crippen LogP contribution in [0.1, 0.15) is 50.9 Å². The van der Waals surface area contributed by atoms with Gasteiger partial charge in [0.1, 0.15) is 0 Å². The number of halogens is 2. The van der Waals surface area contributed by atoms with Crippen LogP contribution in [0.5, 0.6) is 0 Å². The first-order valence-corrected chi connectivity index (χ1v) is 37.9. The molecule has 286 valence electrons. The second kappa shape index (κ2) is 16.8. The molecule has 1 atom stereocenters. The average molecular weight is 904 g/mol. The fourth-order valence-electron chi connectivity index (χ4n) is 9.46. The summed E-state index contributed by atoms with van der Waals surface area (Å²) in [4.78, 5) is 0. The van der Waals surface area contributed by atoms with Crippen molar-refractivity contribution in [2.24, 2.45) is 0 Å². The van der Waals surface area contributed by atoms with Gasteiger partial charge in [0.15, 0.2) is 0 Å². The van der Waals surface area contributed by atoms with E-state index in [-0.39, 0.29) is 24.8 Å². The van der Waals surface area contributed by atoms with Crippen molar-refractivity contribution in [2.45, 2.75) is 114 Å². The number of aryl methyl sites for hydroxylation is 2. The van der Waals surface area contributed by atoms with Gasteiger partial charge in [-0.25, -0.2) is 0 Å². The molecule has 0 saturated heterocycles. The molecule has 6 rings (SSSR count). The van der Waals surface area contributed by atoms with Gasteiger partial charge >= 0.3 is 332 Å². The second-order valence-corrected chi connectivity index (χ2v) is 46.0. The van der Waals surface area contributed by atoms with Crippen LogP contribution in [0.2, 0.25) is 84.1 Å². The van der Waals surface area contributed by atoms with Gasteiger partial charge in [0.05, 0.1) is 0 Å². The van der Waals surface area contributed by atoms with Gasteiger partial charge in [-0.05, 0) is 0 Å². The molecule has 0 N–H and O–H groups in total. The van der Waals surface area contributed by atoms with Gasteiger partial charge in [-0.1, -0.05) is 0 Å². The van der Waals surface area contributed by atoms with Crippen LogP contribution in [0.3, 0.4) is 0 Å². The minimum Gasteiger partial charge on any atom is -1.00 e. The molecule has 0 aromatic heterocycles. The van der Waals surface area contributed by atoms with E-state index in [1.807, 2.05) is 18.9 Å². The Morgan fingerprint density at radius 2 is 0.926 bits per heavy atom. The number of hydrogen-bond acceptors (Lipinski definition) is 0. The van der Waals surface area contributed by atoms with Crippen molar-refractivity contribution < 1.29 is 46.1 Å². The molecule has 1 unspecified atom stereocenters. The fraction of sp³-hybridized carbons (Fsp3) is 0.383. The van der Waals surface area contributed by atoms with Crippen molar-refractivity contribution in [3.05, 3.63) is 149 Å². The van der Waals surface area contributed by atoms with E-state index in [1.165, 1.54) is 33.4 Å².